The molecule has 1 aromatic carbocycles. The van der Waals surface area contributed by atoms with Crippen LogP contribution in [0.4, 0.5) is 0 Å². The van der Waals surface area contributed by atoms with Crippen molar-refractivity contribution in [3.8, 4) is 5.75 Å². The highest BCUT2D eigenvalue weighted by Gasteiger charge is 2.06. The summed E-state index contributed by atoms with van der Waals surface area (Å²) in [5, 5.41) is 9.03. The van der Waals surface area contributed by atoms with Gasteiger partial charge in [0.25, 0.3) is 0 Å². The summed E-state index contributed by atoms with van der Waals surface area (Å²) in [6.45, 7) is -0.0481. The molecule has 0 radical (unpaired) electrons. The molecule has 4 nitrogen and oxygen atoms in total. The number of rotatable bonds is 2. The van der Waals surface area contributed by atoms with Gasteiger partial charge in [-0.25, -0.2) is 4.98 Å². The molecule has 0 aliphatic rings. The Hall–Kier alpha value is -1.55. The summed E-state index contributed by atoms with van der Waals surface area (Å²) in [7, 11) is 3.50. The lowest BCUT2D eigenvalue weighted by Gasteiger charge is -2.00. The fourth-order valence-electron chi connectivity index (χ4n) is 1.49. The zero-order chi connectivity index (χ0) is 10.1. The van der Waals surface area contributed by atoms with Crippen molar-refractivity contribution in [1.29, 1.82) is 0 Å². The standard InChI is InChI=1S/C10H12N2O2/c1-12-9-5-7(14-2)3-4-8(9)11-10(12)6-13/h3-5,13H,6H2,1-2H3. The van der Waals surface area contributed by atoms with Crippen LogP contribution < -0.4 is 4.74 Å². The first-order valence-electron chi connectivity index (χ1n) is 4.36. The number of ether oxygens (including phenoxy) is 1. The van der Waals surface area contributed by atoms with E-state index in [0.717, 1.165) is 16.8 Å². The van der Waals surface area contributed by atoms with Gasteiger partial charge in [0.2, 0.25) is 0 Å². The van der Waals surface area contributed by atoms with Crippen LogP contribution in [0.25, 0.3) is 11.0 Å². The average molecular weight is 192 g/mol. The number of hydrogen-bond acceptors (Lipinski definition) is 3. The van der Waals surface area contributed by atoms with E-state index in [-0.39, 0.29) is 6.61 Å². The number of aryl methyl sites for hydroxylation is 1. The van der Waals surface area contributed by atoms with Crippen molar-refractivity contribution < 1.29 is 9.84 Å². The number of aromatic nitrogens is 2. The fraction of sp³-hybridized carbons (Fsp3) is 0.300. The third-order valence-electron chi connectivity index (χ3n) is 2.32. The van der Waals surface area contributed by atoms with Crippen molar-refractivity contribution >= 4 is 11.0 Å². The van der Waals surface area contributed by atoms with Crippen molar-refractivity contribution in [3.05, 3.63) is 24.0 Å². The highest BCUT2D eigenvalue weighted by molar-refractivity contribution is 5.77. The molecule has 0 spiro atoms. The molecule has 1 heterocycles. The summed E-state index contributed by atoms with van der Waals surface area (Å²) in [6, 6.07) is 5.64. The molecule has 1 aromatic heterocycles. The van der Waals surface area contributed by atoms with Gasteiger partial charge >= 0.3 is 0 Å². The summed E-state index contributed by atoms with van der Waals surface area (Å²) < 4.78 is 6.98. The maximum absolute atomic E-state index is 9.03. The summed E-state index contributed by atoms with van der Waals surface area (Å²) in [5.41, 5.74) is 1.84. The number of benzene rings is 1. The van der Waals surface area contributed by atoms with Gasteiger partial charge in [-0.2, -0.15) is 0 Å². The third kappa shape index (κ3) is 1.24. The van der Waals surface area contributed by atoms with Crippen LogP contribution in [0.2, 0.25) is 0 Å². The lowest BCUT2D eigenvalue weighted by molar-refractivity contribution is 0.268. The van der Waals surface area contributed by atoms with Crippen molar-refractivity contribution in [2.45, 2.75) is 6.61 Å². The number of imidazole rings is 1. The molecule has 0 atom stereocenters. The first-order chi connectivity index (χ1) is 6.76. The number of fused-ring (bicyclic) bond motifs is 1. The molecule has 0 saturated carbocycles. The van der Waals surface area contributed by atoms with Crippen LogP contribution in [-0.2, 0) is 13.7 Å². The Balaban J connectivity index is 2.68. The minimum atomic E-state index is -0.0481. The molecule has 2 rings (SSSR count). The van der Waals surface area contributed by atoms with Crippen molar-refractivity contribution in [3.63, 3.8) is 0 Å². The maximum atomic E-state index is 9.03. The molecule has 2 aromatic rings. The van der Waals surface area contributed by atoms with E-state index in [4.69, 9.17) is 9.84 Å². The van der Waals surface area contributed by atoms with Crippen LogP contribution in [-0.4, -0.2) is 21.8 Å². The monoisotopic (exact) mass is 192 g/mol. The Kier molecular flexibility index (Phi) is 2.13. The van der Waals surface area contributed by atoms with Crippen molar-refractivity contribution in [1.82, 2.24) is 9.55 Å². The minimum Gasteiger partial charge on any atom is -0.497 e. The van der Waals surface area contributed by atoms with E-state index in [1.807, 2.05) is 29.8 Å². The number of hydrogen-bond donors (Lipinski definition) is 1. The zero-order valence-electron chi connectivity index (χ0n) is 8.19. The molecule has 0 saturated heterocycles. The van der Waals surface area contributed by atoms with Gasteiger partial charge in [0, 0.05) is 13.1 Å². The molecule has 0 aliphatic carbocycles. The first kappa shape index (κ1) is 9.02. The van der Waals surface area contributed by atoms with Gasteiger partial charge in [0.05, 0.1) is 18.1 Å². The summed E-state index contributed by atoms with van der Waals surface area (Å²) in [5.74, 6) is 1.46. The van der Waals surface area contributed by atoms with Gasteiger partial charge in [-0.1, -0.05) is 0 Å². The Morgan fingerprint density at radius 2 is 2.29 bits per heavy atom. The van der Waals surface area contributed by atoms with E-state index >= 15 is 0 Å². The van der Waals surface area contributed by atoms with Crippen LogP contribution in [0, 0.1) is 0 Å². The summed E-state index contributed by atoms with van der Waals surface area (Å²) in [4.78, 5) is 4.26. The number of nitrogens with zero attached hydrogens (tertiary/aromatic N) is 2. The quantitative estimate of drug-likeness (QED) is 0.774. The number of methoxy groups -OCH3 is 1. The van der Waals surface area contributed by atoms with Crippen LogP contribution in [0.3, 0.4) is 0 Å². The fourth-order valence-corrected chi connectivity index (χ4v) is 1.49. The largest absolute Gasteiger partial charge is 0.497 e. The van der Waals surface area contributed by atoms with E-state index in [1.54, 1.807) is 7.11 Å². The Morgan fingerprint density at radius 1 is 1.50 bits per heavy atom. The molecule has 0 aliphatic heterocycles. The summed E-state index contributed by atoms with van der Waals surface area (Å²) >= 11 is 0. The molecule has 0 fully saturated rings. The molecule has 0 amide bonds. The van der Waals surface area contributed by atoms with Crippen LogP contribution in [0.5, 0.6) is 5.75 Å². The molecular formula is C10H12N2O2. The normalized spacial score (nSPS) is 10.8. The lowest BCUT2D eigenvalue weighted by atomic mass is 10.3. The third-order valence-corrected chi connectivity index (χ3v) is 2.32. The van der Waals surface area contributed by atoms with Gasteiger partial charge in [0.1, 0.15) is 18.2 Å². The van der Waals surface area contributed by atoms with E-state index in [2.05, 4.69) is 4.98 Å². The van der Waals surface area contributed by atoms with Gasteiger partial charge in [-0.3, -0.25) is 0 Å². The Labute approximate surface area is 81.8 Å². The molecular weight excluding hydrogens is 180 g/mol. The number of aliphatic hydroxyl groups is 1. The molecule has 4 heteroatoms. The molecule has 14 heavy (non-hydrogen) atoms. The highest BCUT2D eigenvalue weighted by Crippen LogP contribution is 2.20. The van der Waals surface area contributed by atoms with Gasteiger partial charge in [-0.05, 0) is 12.1 Å². The van der Waals surface area contributed by atoms with Crippen LogP contribution >= 0.6 is 0 Å². The molecule has 0 bridgehead atoms. The van der Waals surface area contributed by atoms with E-state index in [9.17, 15) is 0 Å². The van der Waals surface area contributed by atoms with Crippen molar-refractivity contribution in [2.24, 2.45) is 7.05 Å². The molecule has 1 N–H and O–H groups in total. The SMILES string of the molecule is COc1ccc2nc(CO)n(C)c2c1. The predicted molar refractivity (Wildman–Crippen MR) is 53.2 cm³/mol. The minimum absolute atomic E-state index is 0.0481. The van der Waals surface area contributed by atoms with E-state index in [0.29, 0.717) is 5.82 Å². The highest BCUT2D eigenvalue weighted by atomic mass is 16.5. The smallest absolute Gasteiger partial charge is 0.135 e. The van der Waals surface area contributed by atoms with Crippen LogP contribution in [0.1, 0.15) is 5.82 Å². The van der Waals surface area contributed by atoms with Gasteiger partial charge < -0.3 is 14.4 Å². The van der Waals surface area contributed by atoms with Gasteiger partial charge in [-0.15, -0.1) is 0 Å². The van der Waals surface area contributed by atoms with Crippen LogP contribution in [0.15, 0.2) is 18.2 Å². The lowest BCUT2D eigenvalue weighted by Crippen LogP contribution is -1.96. The predicted octanol–water partition coefficient (Wildman–Crippen LogP) is 1.07. The Morgan fingerprint density at radius 3 is 2.93 bits per heavy atom. The average Bonchev–Trinajstić information content (AvgIpc) is 2.55. The van der Waals surface area contributed by atoms with E-state index < -0.39 is 0 Å². The van der Waals surface area contributed by atoms with Crippen molar-refractivity contribution in [2.75, 3.05) is 7.11 Å². The Bertz CT molecular complexity index is 462. The molecule has 0 unspecified atom stereocenters. The zero-order valence-corrected chi connectivity index (χ0v) is 8.19. The summed E-state index contributed by atoms with van der Waals surface area (Å²) in [6.07, 6.45) is 0. The van der Waals surface area contributed by atoms with Gasteiger partial charge in [0.15, 0.2) is 0 Å². The maximum Gasteiger partial charge on any atom is 0.135 e. The second-order valence-electron chi connectivity index (χ2n) is 3.10. The second kappa shape index (κ2) is 3.31. The first-order valence-corrected chi connectivity index (χ1v) is 4.36. The molecule has 74 valence electrons. The second-order valence-corrected chi connectivity index (χ2v) is 3.10. The topological polar surface area (TPSA) is 47.3 Å². The number of aliphatic hydroxyl groups excluding tert-OH is 1. The van der Waals surface area contributed by atoms with E-state index in [1.165, 1.54) is 0 Å².